The third-order valence-corrected chi connectivity index (χ3v) is 4.07. The van der Waals surface area contributed by atoms with Crippen LogP contribution >= 0.6 is 0 Å². The maximum Gasteiger partial charge on any atom is 0.303 e. The topological polar surface area (TPSA) is 86.7 Å². The zero-order chi connectivity index (χ0) is 16.8. The molecule has 1 saturated heterocycles. The Morgan fingerprint density at radius 3 is 2.48 bits per heavy atom. The first kappa shape index (κ1) is 17.0. The van der Waals surface area contributed by atoms with E-state index < -0.39 is 11.9 Å². The summed E-state index contributed by atoms with van der Waals surface area (Å²) in [4.78, 5) is 36.8. The Hall–Kier alpha value is -2.37. The number of aliphatic carboxylic acids is 1. The van der Waals surface area contributed by atoms with Gasteiger partial charge in [0, 0.05) is 19.5 Å². The summed E-state index contributed by atoms with van der Waals surface area (Å²) in [6.07, 6.45) is 1.63. The second-order valence-corrected chi connectivity index (χ2v) is 5.96. The number of hydrogen-bond donors (Lipinski definition) is 2. The van der Waals surface area contributed by atoms with Crippen molar-refractivity contribution < 1.29 is 19.5 Å². The monoisotopic (exact) mass is 318 g/mol. The van der Waals surface area contributed by atoms with Crippen LogP contribution in [0.3, 0.4) is 0 Å². The number of carbonyl (C=O) groups excluding carboxylic acids is 2. The summed E-state index contributed by atoms with van der Waals surface area (Å²) in [7, 11) is 0. The molecule has 2 rings (SSSR count). The lowest BCUT2D eigenvalue weighted by Gasteiger charge is -2.30. The van der Waals surface area contributed by atoms with Crippen molar-refractivity contribution in [1.29, 1.82) is 0 Å². The van der Waals surface area contributed by atoms with E-state index in [-0.39, 0.29) is 18.7 Å². The molecule has 0 unspecified atom stereocenters. The molecule has 0 saturated carbocycles. The molecule has 0 aliphatic carbocycles. The average molecular weight is 318 g/mol. The molecule has 0 atom stereocenters. The molecule has 6 nitrogen and oxygen atoms in total. The van der Waals surface area contributed by atoms with Crippen LogP contribution in [0.2, 0.25) is 0 Å². The number of rotatable bonds is 5. The molecular formula is C17H22N2O4. The maximum absolute atomic E-state index is 12.7. The second-order valence-electron chi connectivity index (χ2n) is 5.96. The van der Waals surface area contributed by atoms with Crippen molar-refractivity contribution in [3.8, 4) is 0 Å². The van der Waals surface area contributed by atoms with Gasteiger partial charge in [0.25, 0.3) is 5.91 Å². The number of nitrogens with one attached hydrogen (secondary N) is 1. The summed E-state index contributed by atoms with van der Waals surface area (Å²) in [6, 6.07) is 6.85. The number of nitrogens with zero attached hydrogens (tertiary/aromatic N) is 1. The third-order valence-electron chi connectivity index (χ3n) is 4.07. The van der Waals surface area contributed by atoms with Crippen LogP contribution in [0.4, 0.5) is 5.69 Å². The van der Waals surface area contributed by atoms with Crippen molar-refractivity contribution in [2.24, 2.45) is 5.92 Å². The average Bonchev–Trinajstić information content (AvgIpc) is 2.53. The minimum atomic E-state index is -1.02. The van der Waals surface area contributed by atoms with Crippen molar-refractivity contribution in [3.05, 3.63) is 29.8 Å². The van der Waals surface area contributed by atoms with Crippen LogP contribution in [0.15, 0.2) is 24.3 Å². The molecule has 1 aromatic rings. The summed E-state index contributed by atoms with van der Waals surface area (Å²) >= 11 is 0. The number of hydrogen-bond acceptors (Lipinski definition) is 3. The van der Waals surface area contributed by atoms with E-state index in [2.05, 4.69) is 12.2 Å². The van der Waals surface area contributed by atoms with Gasteiger partial charge < -0.3 is 15.3 Å². The summed E-state index contributed by atoms with van der Waals surface area (Å²) in [5.74, 6) is -0.886. The van der Waals surface area contributed by atoms with E-state index in [1.807, 2.05) is 4.90 Å². The van der Waals surface area contributed by atoms with Crippen LogP contribution in [0, 0.1) is 5.92 Å². The van der Waals surface area contributed by atoms with Crippen molar-refractivity contribution in [3.63, 3.8) is 0 Å². The van der Waals surface area contributed by atoms with E-state index in [0.29, 0.717) is 17.2 Å². The lowest BCUT2D eigenvalue weighted by molar-refractivity contribution is -0.138. The number of carboxylic acid groups (broad SMARTS) is 1. The summed E-state index contributed by atoms with van der Waals surface area (Å²) in [5.41, 5.74) is 0.886. The van der Waals surface area contributed by atoms with Gasteiger partial charge in [-0.1, -0.05) is 19.1 Å². The van der Waals surface area contributed by atoms with Gasteiger partial charge in [-0.25, -0.2) is 0 Å². The lowest BCUT2D eigenvalue weighted by atomic mass is 9.98. The number of piperidine rings is 1. The Labute approximate surface area is 135 Å². The molecule has 1 aliphatic rings. The van der Waals surface area contributed by atoms with Gasteiger partial charge in [-0.3, -0.25) is 14.4 Å². The van der Waals surface area contributed by atoms with Gasteiger partial charge in [0.05, 0.1) is 17.7 Å². The van der Waals surface area contributed by atoms with Gasteiger partial charge in [0.1, 0.15) is 0 Å². The zero-order valence-electron chi connectivity index (χ0n) is 13.2. The number of para-hydroxylation sites is 1. The van der Waals surface area contributed by atoms with Crippen molar-refractivity contribution in [2.45, 2.75) is 32.6 Å². The molecule has 2 amide bonds. The van der Waals surface area contributed by atoms with Gasteiger partial charge in [-0.05, 0) is 30.9 Å². The Bertz CT molecular complexity index is 592. The predicted molar refractivity (Wildman–Crippen MR) is 86.2 cm³/mol. The SMILES string of the molecule is CC1CCN(C(=O)c2ccccc2NC(=O)CCC(=O)O)CC1. The number of anilines is 1. The van der Waals surface area contributed by atoms with E-state index >= 15 is 0 Å². The van der Waals surface area contributed by atoms with Crippen LogP contribution in [-0.2, 0) is 9.59 Å². The van der Waals surface area contributed by atoms with Gasteiger partial charge in [0.2, 0.25) is 5.91 Å². The Morgan fingerprint density at radius 2 is 1.83 bits per heavy atom. The normalized spacial score (nSPS) is 15.3. The fourth-order valence-corrected chi connectivity index (χ4v) is 2.59. The van der Waals surface area contributed by atoms with E-state index in [0.717, 1.165) is 25.9 Å². The third kappa shape index (κ3) is 4.81. The molecule has 0 spiro atoms. The predicted octanol–water partition coefficient (Wildman–Crippen LogP) is 2.36. The molecule has 0 radical (unpaired) electrons. The molecule has 1 fully saturated rings. The minimum Gasteiger partial charge on any atom is -0.481 e. The molecule has 1 heterocycles. The van der Waals surface area contributed by atoms with Crippen molar-refractivity contribution in [2.75, 3.05) is 18.4 Å². The molecule has 0 bridgehead atoms. The smallest absolute Gasteiger partial charge is 0.303 e. The van der Waals surface area contributed by atoms with Crippen molar-refractivity contribution >= 4 is 23.5 Å². The fraction of sp³-hybridized carbons (Fsp3) is 0.471. The second kappa shape index (κ2) is 7.76. The quantitative estimate of drug-likeness (QED) is 0.872. The van der Waals surface area contributed by atoms with E-state index in [1.165, 1.54) is 0 Å². The number of carbonyl (C=O) groups is 3. The van der Waals surface area contributed by atoms with Crippen LogP contribution in [0.1, 0.15) is 43.0 Å². The molecule has 0 aromatic heterocycles. The Morgan fingerprint density at radius 1 is 1.17 bits per heavy atom. The van der Waals surface area contributed by atoms with Crippen LogP contribution in [0.5, 0.6) is 0 Å². The van der Waals surface area contributed by atoms with Gasteiger partial charge in [-0.15, -0.1) is 0 Å². The van der Waals surface area contributed by atoms with Crippen LogP contribution in [-0.4, -0.2) is 40.9 Å². The summed E-state index contributed by atoms with van der Waals surface area (Å²) in [6.45, 7) is 3.63. The molecule has 2 N–H and O–H groups in total. The van der Waals surface area contributed by atoms with E-state index in [9.17, 15) is 14.4 Å². The highest BCUT2D eigenvalue weighted by atomic mass is 16.4. The van der Waals surface area contributed by atoms with Gasteiger partial charge >= 0.3 is 5.97 Å². The molecular weight excluding hydrogens is 296 g/mol. The standard InChI is InChI=1S/C17H22N2O4/c1-12-8-10-19(11-9-12)17(23)13-4-2-3-5-14(13)18-15(20)6-7-16(21)22/h2-5,12H,6-11H2,1H3,(H,18,20)(H,21,22). The van der Waals surface area contributed by atoms with Crippen molar-refractivity contribution in [1.82, 2.24) is 4.90 Å². The first-order chi connectivity index (χ1) is 11.0. The minimum absolute atomic E-state index is 0.0916. The maximum atomic E-state index is 12.7. The van der Waals surface area contributed by atoms with Crippen LogP contribution < -0.4 is 5.32 Å². The molecule has 1 aliphatic heterocycles. The first-order valence-corrected chi connectivity index (χ1v) is 7.87. The van der Waals surface area contributed by atoms with Gasteiger partial charge in [0.15, 0.2) is 0 Å². The van der Waals surface area contributed by atoms with Crippen LogP contribution in [0.25, 0.3) is 0 Å². The highest BCUT2D eigenvalue weighted by Gasteiger charge is 2.23. The fourth-order valence-electron chi connectivity index (χ4n) is 2.59. The van der Waals surface area contributed by atoms with Gasteiger partial charge in [-0.2, -0.15) is 0 Å². The summed E-state index contributed by atoms with van der Waals surface area (Å²) in [5, 5.41) is 11.3. The number of likely N-dealkylation sites (tertiary alicyclic amines) is 1. The molecule has 1 aromatic carbocycles. The number of carboxylic acids is 1. The molecule has 23 heavy (non-hydrogen) atoms. The first-order valence-electron chi connectivity index (χ1n) is 7.87. The Balaban J connectivity index is 2.06. The highest BCUT2D eigenvalue weighted by Crippen LogP contribution is 2.22. The lowest BCUT2D eigenvalue weighted by Crippen LogP contribution is -2.38. The largest absolute Gasteiger partial charge is 0.481 e. The Kier molecular flexibility index (Phi) is 5.73. The van der Waals surface area contributed by atoms with E-state index in [4.69, 9.17) is 5.11 Å². The summed E-state index contributed by atoms with van der Waals surface area (Å²) < 4.78 is 0. The molecule has 124 valence electrons. The number of amides is 2. The highest BCUT2D eigenvalue weighted by molar-refractivity contribution is 6.04. The zero-order valence-corrected chi connectivity index (χ0v) is 13.2. The molecule has 6 heteroatoms. The number of benzene rings is 1. The van der Waals surface area contributed by atoms with E-state index in [1.54, 1.807) is 24.3 Å².